The summed E-state index contributed by atoms with van der Waals surface area (Å²) in [6.45, 7) is 3.49. The van der Waals surface area contributed by atoms with E-state index in [1.54, 1.807) is 13.8 Å². The van der Waals surface area contributed by atoms with Crippen LogP contribution in [0.1, 0.15) is 52.4 Å². The Morgan fingerprint density at radius 2 is 1.17 bits per heavy atom. The van der Waals surface area contributed by atoms with Crippen molar-refractivity contribution in [3.05, 3.63) is 0 Å². The number of carbonyl (C=O) groups excluding carboxylic acids is 4. The van der Waals surface area contributed by atoms with Crippen molar-refractivity contribution in [1.29, 1.82) is 0 Å². The molecule has 0 bridgehead atoms. The third kappa shape index (κ3) is 12.3. The highest BCUT2D eigenvalue weighted by Gasteiger charge is 2.32. The topological polar surface area (TPSA) is 268 Å². The molecular weight excluding hydrogens is 470 g/mol. The van der Waals surface area contributed by atoms with Crippen LogP contribution in [0.25, 0.3) is 0 Å². The van der Waals surface area contributed by atoms with Gasteiger partial charge in [-0.15, -0.1) is 0 Å². The van der Waals surface area contributed by atoms with Crippen LogP contribution in [0.3, 0.4) is 0 Å². The van der Waals surface area contributed by atoms with Crippen LogP contribution >= 0.6 is 0 Å². The van der Waals surface area contributed by atoms with E-state index in [1.165, 1.54) is 0 Å². The third-order valence-corrected chi connectivity index (χ3v) is 5.14. The standard InChI is InChI=1S/C20H33N5O10/c1-3-9(2)16(22)19(33)25-12(8-13(21)26)18(32)23-10(4-6-14(27)28)17(31)24-11(20(34)35)5-7-15(29)30/h9-12,16H,3-8,22H2,1-2H3,(H2,21,26)(H,23,32)(H,24,31)(H,25,33)(H,27,28)(H,29,30)(H,34,35). The van der Waals surface area contributed by atoms with E-state index >= 15 is 0 Å². The van der Waals surface area contributed by atoms with Gasteiger partial charge in [0, 0.05) is 12.8 Å². The summed E-state index contributed by atoms with van der Waals surface area (Å²) in [6.07, 6.45) is -2.23. The first-order chi connectivity index (χ1) is 16.2. The average molecular weight is 504 g/mol. The third-order valence-electron chi connectivity index (χ3n) is 5.14. The van der Waals surface area contributed by atoms with Gasteiger partial charge in [0.15, 0.2) is 0 Å². The summed E-state index contributed by atoms with van der Waals surface area (Å²) >= 11 is 0. The Balaban J connectivity index is 5.64. The number of amides is 4. The molecule has 198 valence electrons. The molecule has 15 heteroatoms. The van der Waals surface area contributed by atoms with Gasteiger partial charge in [-0.05, 0) is 18.8 Å². The molecule has 15 nitrogen and oxygen atoms in total. The molecule has 0 aliphatic carbocycles. The lowest BCUT2D eigenvalue weighted by molar-refractivity contribution is -0.144. The first-order valence-corrected chi connectivity index (χ1v) is 10.8. The second-order valence-corrected chi connectivity index (χ2v) is 7.97. The summed E-state index contributed by atoms with van der Waals surface area (Å²) in [5.74, 6) is -8.31. The van der Waals surface area contributed by atoms with E-state index in [0.29, 0.717) is 6.42 Å². The Bertz CT molecular complexity index is 818. The van der Waals surface area contributed by atoms with Gasteiger partial charge in [0.2, 0.25) is 23.6 Å². The van der Waals surface area contributed by atoms with E-state index in [-0.39, 0.29) is 5.92 Å². The van der Waals surface area contributed by atoms with Crippen LogP contribution in [0, 0.1) is 5.92 Å². The van der Waals surface area contributed by atoms with Crippen molar-refractivity contribution in [2.45, 2.75) is 76.5 Å². The summed E-state index contributed by atoms with van der Waals surface area (Å²) in [7, 11) is 0. The van der Waals surface area contributed by atoms with Crippen LogP contribution in [0.4, 0.5) is 0 Å². The Morgan fingerprint density at radius 3 is 1.60 bits per heavy atom. The summed E-state index contributed by atoms with van der Waals surface area (Å²) < 4.78 is 0. The first-order valence-electron chi connectivity index (χ1n) is 10.8. The fourth-order valence-electron chi connectivity index (χ4n) is 2.80. The largest absolute Gasteiger partial charge is 0.481 e. The summed E-state index contributed by atoms with van der Waals surface area (Å²) in [4.78, 5) is 82.3. The van der Waals surface area contributed by atoms with Crippen LogP contribution < -0.4 is 27.4 Å². The number of primary amides is 1. The minimum atomic E-state index is -1.63. The Labute approximate surface area is 201 Å². The first kappa shape index (κ1) is 31.2. The molecule has 35 heavy (non-hydrogen) atoms. The van der Waals surface area contributed by atoms with E-state index in [1.807, 2.05) is 0 Å². The van der Waals surface area contributed by atoms with Gasteiger partial charge in [0.05, 0.1) is 12.5 Å². The molecule has 0 heterocycles. The number of aliphatic carboxylic acids is 3. The molecule has 0 radical (unpaired) electrons. The molecule has 0 fully saturated rings. The van der Waals surface area contributed by atoms with Crippen LogP contribution in [0.15, 0.2) is 0 Å². The van der Waals surface area contributed by atoms with E-state index in [4.69, 9.17) is 21.7 Å². The van der Waals surface area contributed by atoms with Crippen molar-refractivity contribution >= 4 is 41.5 Å². The molecule has 0 aliphatic rings. The van der Waals surface area contributed by atoms with E-state index in [0.717, 1.165) is 0 Å². The zero-order valence-electron chi connectivity index (χ0n) is 19.5. The highest BCUT2D eigenvalue weighted by molar-refractivity contribution is 5.96. The fraction of sp³-hybridized carbons (Fsp3) is 0.650. The van der Waals surface area contributed by atoms with Crippen LogP contribution in [0.2, 0.25) is 0 Å². The minimum absolute atomic E-state index is 0.264. The van der Waals surface area contributed by atoms with Gasteiger partial charge in [-0.3, -0.25) is 28.8 Å². The Hall–Kier alpha value is -3.75. The van der Waals surface area contributed by atoms with Gasteiger partial charge in [-0.25, -0.2) is 4.79 Å². The van der Waals surface area contributed by atoms with Crippen molar-refractivity contribution in [3.63, 3.8) is 0 Å². The summed E-state index contributed by atoms with van der Waals surface area (Å²) in [5.41, 5.74) is 11.0. The number of hydrogen-bond donors (Lipinski definition) is 8. The normalized spacial score (nSPS) is 14.9. The molecule has 0 spiro atoms. The average Bonchev–Trinajstić information content (AvgIpc) is 2.76. The maximum absolute atomic E-state index is 12.8. The van der Waals surface area contributed by atoms with Crippen molar-refractivity contribution in [2.24, 2.45) is 17.4 Å². The van der Waals surface area contributed by atoms with Crippen LogP contribution in [-0.4, -0.2) is 81.0 Å². The molecular formula is C20H33N5O10. The minimum Gasteiger partial charge on any atom is -0.481 e. The highest BCUT2D eigenvalue weighted by atomic mass is 16.4. The molecule has 0 aromatic rings. The van der Waals surface area contributed by atoms with Crippen molar-refractivity contribution < 1.29 is 48.9 Å². The van der Waals surface area contributed by atoms with Crippen LogP contribution in [0.5, 0.6) is 0 Å². The molecule has 0 aliphatic heterocycles. The van der Waals surface area contributed by atoms with E-state index in [2.05, 4.69) is 16.0 Å². The van der Waals surface area contributed by atoms with Gasteiger partial charge in [0.1, 0.15) is 18.1 Å². The van der Waals surface area contributed by atoms with E-state index in [9.17, 15) is 38.7 Å². The smallest absolute Gasteiger partial charge is 0.326 e. The summed E-state index contributed by atoms with van der Waals surface area (Å²) in [6, 6.07) is -5.77. The van der Waals surface area contributed by atoms with Crippen molar-refractivity contribution in [1.82, 2.24) is 16.0 Å². The Morgan fingerprint density at radius 1 is 0.743 bits per heavy atom. The van der Waals surface area contributed by atoms with Gasteiger partial charge in [-0.1, -0.05) is 20.3 Å². The quantitative estimate of drug-likeness (QED) is 0.103. The van der Waals surface area contributed by atoms with Gasteiger partial charge >= 0.3 is 17.9 Å². The molecule has 0 saturated carbocycles. The van der Waals surface area contributed by atoms with Crippen LogP contribution in [-0.2, 0) is 33.6 Å². The van der Waals surface area contributed by atoms with Crippen molar-refractivity contribution in [3.8, 4) is 0 Å². The molecule has 0 aromatic carbocycles. The second-order valence-electron chi connectivity index (χ2n) is 7.97. The fourth-order valence-corrected chi connectivity index (χ4v) is 2.80. The number of carbonyl (C=O) groups is 7. The SMILES string of the molecule is CCC(C)C(N)C(=O)NC(CC(N)=O)C(=O)NC(CCC(=O)O)C(=O)NC(CCC(=O)O)C(=O)O. The second kappa shape index (κ2) is 15.2. The molecule has 0 saturated heterocycles. The lowest BCUT2D eigenvalue weighted by atomic mass is 9.99. The number of nitrogens with two attached hydrogens (primary N) is 2. The number of nitrogens with one attached hydrogen (secondary N) is 3. The zero-order chi connectivity index (χ0) is 27.3. The molecule has 0 rings (SSSR count). The molecule has 10 N–H and O–H groups in total. The maximum Gasteiger partial charge on any atom is 0.326 e. The lowest BCUT2D eigenvalue weighted by Crippen LogP contribution is -2.58. The highest BCUT2D eigenvalue weighted by Crippen LogP contribution is 2.07. The predicted octanol–water partition coefficient (Wildman–Crippen LogP) is -2.50. The number of carboxylic acid groups (broad SMARTS) is 3. The summed E-state index contributed by atoms with van der Waals surface area (Å²) in [5, 5.41) is 33.4. The lowest BCUT2D eigenvalue weighted by Gasteiger charge is -2.25. The molecule has 0 aromatic heterocycles. The van der Waals surface area contributed by atoms with Crippen molar-refractivity contribution in [2.75, 3.05) is 0 Å². The molecule has 5 unspecified atom stereocenters. The van der Waals surface area contributed by atoms with Gasteiger partial charge in [0.25, 0.3) is 0 Å². The zero-order valence-corrected chi connectivity index (χ0v) is 19.5. The predicted molar refractivity (Wildman–Crippen MR) is 118 cm³/mol. The molecule has 4 amide bonds. The number of hydrogen-bond acceptors (Lipinski definition) is 8. The molecule has 5 atom stereocenters. The monoisotopic (exact) mass is 503 g/mol. The maximum atomic E-state index is 12.8. The van der Waals surface area contributed by atoms with E-state index < -0.39 is 97.8 Å². The Kier molecular flexibility index (Phi) is 13.6. The van der Waals surface area contributed by atoms with Gasteiger partial charge < -0.3 is 42.7 Å². The number of carboxylic acids is 3. The number of rotatable bonds is 17. The van der Waals surface area contributed by atoms with Gasteiger partial charge in [-0.2, -0.15) is 0 Å².